The molecule has 0 amide bonds. The average molecular weight is 238 g/mol. The summed E-state index contributed by atoms with van der Waals surface area (Å²) in [5.41, 5.74) is 0. The van der Waals surface area contributed by atoms with Crippen molar-refractivity contribution >= 4 is 9.84 Å². The van der Waals surface area contributed by atoms with Gasteiger partial charge in [0.25, 0.3) is 0 Å². The third kappa shape index (κ3) is 3.66. The highest BCUT2D eigenvalue weighted by Gasteiger charge is 2.17. The lowest BCUT2D eigenvalue weighted by molar-refractivity contribution is 0.609. The van der Waals surface area contributed by atoms with Gasteiger partial charge in [-0.05, 0) is 32.9 Å². The molecule has 0 aliphatic heterocycles. The molecule has 3 heteroatoms. The molecule has 0 aromatic carbocycles. The van der Waals surface area contributed by atoms with Gasteiger partial charge in [0.2, 0.25) is 9.84 Å². The fourth-order valence-corrected chi connectivity index (χ4v) is 2.61. The summed E-state index contributed by atoms with van der Waals surface area (Å²) in [6.45, 7) is 8.70. The first-order valence-electron chi connectivity index (χ1n) is 5.04. The zero-order chi connectivity index (χ0) is 12.6. The van der Waals surface area contributed by atoms with Crippen LogP contribution in [0.15, 0.2) is 58.9 Å². The zero-order valence-electron chi connectivity index (χ0n) is 9.97. The maximum atomic E-state index is 12.1. The van der Waals surface area contributed by atoms with E-state index in [1.165, 1.54) is 6.08 Å². The molecule has 0 saturated heterocycles. The van der Waals surface area contributed by atoms with E-state index in [-0.39, 0.29) is 4.91 Å². The standard InChI is InChI=1S/C13H18O2S/c1-5-9-11-13(8-4)16(14,15)12(7-3)10-6-2/h5-11H,1H2,2-4H3/b10-6-,11-9-,12-7+,13-8+. The van der Waals surface area contributed by atoms with E-state index < -0.39 is 9.84 Å². The van der Waals surface area contributed by atoms with E-state index in [9.17, 15) is 8.42 Å². The second-order valence-electron chi connectivity index (χ2n) is 2.98. The van der Waals surface area contributed by atoms with Gasteiger partial charge in [0, 0.05) is 0 Å². The van der Waals surface area contributed by atoms with Crippen LogP contribution < -0.4 is 0 Å². The Bertz CT molecular complexity index is 446. The minimum absolute atomic E-state index is 0.276. The van der Waals surface area contributed by atoms with Crippen LogP contribution in [0.1, 0.15) is 20.8 Å². The van der Waals surface area contributed by atoms with Gasteiger partial charge >= 0.3 is 0 Å². The van der Waals surface area contributed by atoms with Gasteiger partial charge in [-0.1, -0.05) is 37.0 Å². The molecular formula is C13H18O2S. The Morgan fingerprint density at radius 3 is 1.88 bits per heavy atom. The molecule has 0 aliphatic carbocycles. The minimum atomic E-state index is -3.40. The first kappa shape index (κ1) is 14.6. The van der Waals surface area contributed by atoms with Gasteiger partial charge in [0.05, 0.1) is 9.81 Å². The van der Waals surface area contributed by atoms with Gasteiger partial charge in [0.15, 0.2) is 0 Å². The van der Waals surface area contributed by atoms with Crippen molar-refractivity contribution in [1.82, 2.24) is 0 Å². The molecule has 0 radical (unpaired) electrons. The van der Waals surface area contributed by atoms with Gasteiger partial charge in [-0.15, -0.1) is 0 Å². The van der Waals surface area contributed by atoms with Crippen LogP contribution in [0.3, 0.4) is 0 Å². The van der Waals surface area contributed by atoms with Crippen molar-refractivity contribution in [1.29, 1.82) is 0 Å². The molecule has 0 heterocycles. The van der Waals surface area contributed by atoms with Gasteiger partial charge in [-0.25, -0.2) is 8.42 Å². The molecule has 0 fully saturated rings. The topological polar surface area (TPSA) is 34.1 Å². The van der Waals surface area contributed by atoms with Crippen molar-refractivity contribution < 1.29 is 8.42 Å². The van der Waals surface area contributed by atoms with Crippen LogP contribution in [0.2, 0.25) is 0 Å². The van der Waals surface area contributed by atoms with E-state index in [4.69, 9.17) is 0 Å². The van der Waals surface area contributed by atoms with Crippen molar-refractivity contribution in [2.24, 2.45) is 0 Å². The Kier molecular flexibility index (Phi) is 6.42. The summed E-state index contributed by atoms with van der Waals surface area (Å²) in [5.74, 6) is 0. The van der Waals surface area contributed by atoms with Gasteiger partial charge in [-0.2, -0.15) is 0 Å². The molecule has 88 valence electrons. The number of hydrogen-bond donors (Lipinski definition) is 0. The molecule has 0 N–H and O–H groups in total. The third-order valence-electron chi connectivity index (χ3n) is 1.92. The monoisotopic (exact) mass is 238 g/mol. The molecule has 0 atom stereocenters. The van der Waals surface area contributed by atoms with E-state index in [0.717, 1.165) is 0 Å². The molecule has 0 spiro atoms. The molecule has 2 nitrogen and oxygen atoms in total. The van der Waals surface area contributed by atoms with E-state index >= 15 is 0 Å². The molecule has 16 heavy (non-hydrogen) atoms. The molecule has 0 bridgehead atoms. The maximum Gasteiger partial charge on any atom is 0.205 e. The molecule has 0 saturated carbocycles. The van der Waals surface area contributed by atoms with Crippen molar-refractivity contribution in [2.75, 3.05) is 0 Å². The highest BCUT2D eigenvalue weighted by Crippen LogP contribution is 2.19. The smallest absolute Gasteiger partial charge is 0.205 e. The SMILES string of the molecule is C=C/C=C\C(=C/C)S(=O)(=O)C(/C=C\C)=C/C. The largest absolute Gasteiger partial charge is 0.219 e. The average Bonchev–Trinajstić information content (AvgIpc) is 2.26. The zero-order valence-corrected chi connectivity index (χ0v) is 10.8. The minimum Gasteiger partial charge on any atom is -0.219 e. The lowest BCUT2D eigenvalue weighted by Gasteiger charge is -2.05. The molecule has 0 aliphatic rings. The summed E-state index contributed by atoms with van der Waals surface area (Å²) in [6.07, 6.45) is 11.1. The van der Waals surface area contributed by atoms with Crippen LogP contribution in [0.25, 0.3) is 0 Å². The molecule has 0 aromatic heterocycles. The maximum absolute atomic E-state index is 12.1. The Morgan fingerprint density at radius 1 is 1.00 bits per heavy atom. The number of rotatable bonds is 5. The van der Waals surface area contributed by atoms with E-state index in [2.05, 4.69) is 6.58 Å². The van der Waals surface area contributed by atoms with Crippen LogP contribution in [-0.4, -0.2) is 8.42 Å². The summed E-state index contributed by atoms with van der Waals surface area (Å²) in [7, 11) is -3.40. The summed E-state index contributed by atoms with van der Waals surface area (Å²) in [4.78, 5) is 0.579. The van der Waals surface area contributed by atoms with Crippen LogP contribution in [0.5, 0.6) is 0 Å². The summed E-state index contributed by atoms with van der Waals surface area (Å²) < 4.78 is 24.2. The quantitative estimate of drug-likeness (QED) is 0.687. The Morgan fingerprint density at radius 2 is 1.50 bits per heavy atom. The fraction of sp³-hybridized carbons (Fsp3) is 0.231. The van der Waals surface area contributed by atoms with Crippen molar-refractivity contribution in [2.45, 2.75) is 20.8 Å². The predicted molar refractivity (Wildman–Crippen MR) is 70.6 cm³/mol. The van der Waals surface area contributed by atoms with Crippen LogP contribution in [0.4, 0.5) is 0 Å². The van der Waals surface area contributed by atoms with Crippen LogP contribution in [0, 0.1) is 0 Å². The second kappa shape index (κ2) is 7.01. The molecular weight excluding hydrogens is 220 g/mol. The predicted octanol–water partition coefficient (Wildman–Crippen LogP) is 3.53. The normalized spacial score (nSPS) is 14.9. The van der Waals surface area contributed by atoms with Gasteiger partial charge < -0.3 is 0 Å². The van der Waals surface area contributed by atoms with Crippen molar-refractivity contribution in [3.63, 3.8) is 0 Å². The lowest BCUT2D eigenvalue weighted by atomic mass is 10.4. The second-order valence-corrected chi connectivity index (χ2v) is 4.93. The van der Waals surface area contributed by atoms with Crippen LogP contribution >= 0.6 is 0 Å². The number of sulfone groups is 1. The molecule has 0 rings (SSSR count). The highest BCUT2D eigenvalue weighted by molar-refractivity contribution is 7.99. The highest BCUT2D eigenvalue weighted by atomic mass is 32.2. The Balaban J connectivity index is 5.50. The van der Waals surface area contributed by atoms with Crippen LogP contribution in [-0.2, 0) is 9.84 Å². The first-order valence-corrected chi connectivity index (χ1v) is 6.52. The van der Waals surface area contributed by atoms with E-state index in [1.54, 1.807) is 57.2 Å². The first-order chi connectivity index (χ1) is 7.54. The fourth-order valence-electron chi connectivity index (χ4n) is 1.15. The lowest BCUT2D eigenvalue weighted by Crippen LogP contribution is -2.04. The third-order valence-corrected chi connectivity index (χ3v) is 3.90. The van der Waals surface area contributed by atoms with E-state index in [0.29, 0.717) is 4.91 Å². The Labute approximate surface area is 98.3 Å². The summed E-state index contributed by atoms with van der Waals surface area (Å²) in [6, 6.07) is 0. The molecule has 0 unspecified atom stereocenters. The van der Waals surface area contributed by atoms with Crippen molar-refractivity contribution in [3.05, 3.63) is 58.9 Å². The number of allylic oxidation sites excluding steroid dienone is 7. The molecule has 0 aromatic rings. The van der Waals surface area contributed by atoms with Gasteiger partial charge in [0.1, 0.15) is 0 Å². The van der Waals surface area contributed by atoms with Gasteiger partial charge in [-0.3, -0.25) is 0 Å². The van der Waals surface area contributed by atoms with E-state index in [1.807, 2.05) is 0 Å². The summed E-state index contributed by atoms with van der Waals surface area (Å²) in [5, 5.41) is 0. The number of hydrogen-bond acceptors (Lipinski definition) is 2. The van der Waals surface area contributed by atoms with Crippen molar-refractivity contribution in [3.8, 4) is 0 Å². The Hall–Kier alpha value is -1.35. The summed E-state index contributed by atoms with van der Waals surface area (Å²) >= 11 is 0.